The monoisotopic (exact) mass is 367 g/mol. The maximum atomic E-state index is 12.9. The van der Waals surface area contributed by atoms with Crippen LogP contribution in [0.15, 0.2) is 54.6 Å². The Morgan fingerprint density at radius 1 is 0.963 bits per heavy atom. The molecule has 0 aromatic heterocycles. The first-order valence-electron chi connectivity index (χ1n) is 9.46. The Morgan fingerprint density at radius 3 is 2.22 bits per heavy atom. The third kappa shape index (κ3) is 6.77. The van der Waals surface area contributed by atoms with Crippen molar-refractivity contribution in [3.8, 4) is 0 Å². The summed E-state index contributed by atoms with van der Waals surface area (Å²) in [5.41, 5.74) is 2.74. The lowest BCUT2D eigenvalue weighted by Crippen LogP contribution is -2.39. The number of urea groups is 1. The molecule has 2 aromatic carbocycles. The summed E-state index contributed by atoms with van der Waals surface area (Å²) in [5, 5.41) is 5.59. The van der Waals surface area contributed by atoms with Crippen LogP contribution in [0.1, 0.15) is 48.7 Å². The van der Waals surface area contributed by atoms with E-state index < -0.39 is 0 Å². The van der Waals surface area contributed by atoms with Crippen molar-refractivity contribution in [2.45, 2.75) is 46.3 Å². The molecule has 0 aliphatic carbocycles. The Balaban J connectivity index is 1.98. The van der Waals surface area contributed by atoms with Crippen molar-refractivity contribution in [3.05, 3.63) is 71.3 Å². The minimum atomic E-state index is -0.192. The van der Waals surface area contributed by atoms with Crippen LogP contribution in [0.3, 0.4) is 0 Å². The molecule has 5 nitrogen and oxygen atoms in total. The number of benzene rings is 2. The van der Waals surface area contributed by atoms with Crippen LogP contribution in [0.5, 0.6) is 0 Å². The molecular weight excluding hydrogens is 338 g/mol. The van der Waals surface area contributed by atoms with Crippen LogP contribution in [0.25, 0.3) is 0 Å². The van der Waals surface area contributed by atoms with E-state index in [2.05, 4.69) is 17.6 Å². The molecule has 2 N–H and O–H groups in total. The van der Waals surface area contributed by atoms with Crippen LogP contribution in [0, 0.1) is 0 Å². The van der Waals surface area contributed by atoms with Crippen molar-refractivity contribution in [1.29, 1.82) is 0 Å². The molecule has 2 rings (SSSR count). The van der Waals surface area contributed by atoms with E-state index in [1.165, 1.54) is 0 Å². The SMILES string of the molecule is CCCN(Cc1ccccc1)C(=O)c1ccc(CNC(=O)NC(C)C)cc1. The van der Waals surface area contributed by atoms with E-state index in [-0.39, 0.29) is 18.0 Å². The van der Waals surface area contributed by atoms with Crippen LogP contribution in [0.2, 0.25) is 0 Å². The van der Waals surface area contributed by atoms with E-state index in [0.29, 0.717) is 25.2 Å². The van der Waals surface area contributed by atoms with Crippen LogP contribution in [-0.2, 0) is 13.1 Å². The van der Waals surface area contributed by atoms with Crippen LogP contribution < -0.4 is 10.6 Å². The van der Waals surface area contributed by atoms with Gasteiger partial charge in [0.15, 0.2) is 0 Å². The number of amides is 3. The summed E-state index contributed by atoms with van der Waals surface area (Å²) in [6.45, 7) is 7.64. The van der Waals surface area contributed by atoms with E-state index in [1.54, 1.807) is 0 Å². The van der Waals surface area contributed by atoms with E-state index in [1.807, 2.05) is 73.3 Å². The number of hydrogen-bond acceptors (Lipinski definition) is 2. The average Bonchev–Trinajstić information content (AvgIpc) is 2.66. The number of nitrogens with one attached hydrogen (secondary N) is 2. The number of rotatable bonds is 8. The molecule has 0 saturated heterocycles. The standard InChI is InChI=1S/C22H29N3O2/c1-4-14-25(16-19-8-6-5-7-9-19)21(26)20-12-10-18(11-13-20)15-23-22(27)24-17(2)3/h5-13,17H,4,14-16H2,1-3H3,(H2,23,24,27). The molecule has 0 atom stereocenters. The fourth-order valence-electron chi connectivity index (χ4n) is 2.77. The molecule has 0 aliphatic heterocycles. The molecule has 0 aliphatic rings. The Morgan fingerprint density at radius 2 is 1.63 bits per heavy atom. The first-order chi connectivity index (χ1) is 13.0. The summed E-state index contributed by atoms with van der Waals surface area (Å²) in [6, 6.07) is 17.3. The van der Waals surface area contributed by atoms with Gasteiger partial charge in [-0.3, -0.25) is 4.79 Å². The van der Waals surface area contributed by atoms with E-state index in [9.17, 15) is 9.59 Å². The summed E-state index contributed by atoms with van der Waals surface area (Å²) in [6.07, 6.45) is 0.908. The normalized spacial score (nSPS) is 10.5. The van der Waals surface area contributed by atoms with Gasteiger partial charge in [0.1, 0.15) is 0 Å². The zero-order chi connectivity index (χ0) is 19.6. The number of carbonyl (C=O) groups is 2. The first-order valence-corrected chi connectivity index (χ1v) is 9.46. The van der Waals surface area contributed by atoms with E-state index in [4.69, 9.17) is 0 Å². The van der Waals surface area contributed by atoms with Gasteiger partial charge in [-0.05, 0) is 43.5 Å². The molecule has 144 valence electrons. The quantitative estimate of drug-likeness (QED) is 0.742. The lowest BCUT2D eigenvalue weighted by atomic mass is 10.1. The average molecular weight is 367 g/mol. The highest BCUT2D eigenvalue weighted by Gasteiger charge is 2.15. The van der Waals surface area contributed by atoms with Gasteiger partial charge in [-0.1, -0.05) is 49.4 Å². The van der Waals surface area contributed by atoms with Crippen molar-refractivity contribution in [3.63, 3.8) is 0 Å². The van der Waals surface area contributed by atoms with E-state index >= 15 is 0 Å². The van der Waals surface area contributed by atoms with Gasteiger partial charge >= 0.3 is 6.03 Å². The molecule has 0 unspecified atom stereocenters. The molecule has 3 amide bonds. The van der Waals surface area contributed by atoms with Gasteiger partial charge < -0.3 is 15.5 Å². The van der Waals surface area contributed by atoms with Crippen LogP contribution >= 0.6 is 0 Å². The largest absolute Gasteiger partial charge is 0.336 e. The summed E-state index contributed by atoms with van der Waals surface area (Å²) in [7, 11) is 0. The summed E-state index contributed by atoms with van der Waals surface area (Å²) >= 11 is 0. The zero-order valence-corrected chi connectivity index (χ0v) is 16.4. The minimum Gasteiger partial charge on any atom is -0.336 e. The van der Waals surface area contributed by atoms with Gasteiger partial charge in [0.25, 0.3) is 5.91 Å². The first kappa shape index (κ1) is 20.5. The summed E-state index contributed by atoms with van der Waals surface area (Å²) in [5.74, 6) is 0.0257. The third-order valence-electron chi connectivity index (χ3n) is 4.07. The molecule has 0 saturated carbocycles. The molecule has 0 spiro atoms. The zero-order valence-electron chi connectivity index (χ0n) is 16.4. The fraction of sp³-hybridized carbons (Fsp3) is 0.364. The number of nitrogens with zero attached hydrogens (tertiary/aromatic N) is 1. The van der Waals surface area contributed by atoms with Crippen molar-refractivity contribution >= 4 is 11.9 Å². The molecule has 0 fully saturated rings. The molecule has 0 bridgehead atoms. The second kappa shape index (κ2) is 10.4. The van der Waals surface area contributed by atoms with Gasteiger partial charge in [-0.15, -0.1) is 0 Å². The lowest BCUT2D eigenvalue weighted by Gasteiger charge is -2.22. The van der Waals surface area contributed by atoms with Crippen molar-refractivity contribution < 1.29 is 9.59 Å². The fourth-order valence-corrected chi connectivity index (χ4v) is 2.77. The van der Waals surface area contributed by atoms with Crippen molar-refractivity contribution in [2.75, 3.05) is 6.54 Å². The maximum Gasteiger partial charge on any atom is 0.315 e. The predicted molar refractivity (Wildman–Crippen MR) is 108 cm³/mol. The summed E-state index contributed by atoms with van der Waals surface area (Å²) < 4.78 is 0. The molecule has 5 heteroatoms. The lowest BCUT2D eigenvalue weighted by molar-refractivity contribution is 0.0743. The highest BCUT2D eigenvalue weighted by atomic mass is 16.2. The van der Waals surface area contributed by atoms with Gasteiger partial charge in [-0.2, -0.15) is 0 Å². The highest BCUT2D eigenvalue weighted by molar-refractivity contribution is 5.94. The Labute approximate surface area is 161 Å². The highest BCUT2D eigenvalue weighted by Crippen LogP contribution is 2.12. The molecule has 27 heavy (non-hydrogen) atoms. The Kier molecular flexibility index (Phi) is 7.86. The Bertz CT molecular complexity index is 727. The second-order valence-corrected chi connectivity index (χ2v) is 6.89. The molecule has 0 heterocycles. The predicted octanol–water partition coefficient (Wildman–Crippen LogP) is 3.95. The van der Waals surface area contributed by atoms with Crippen LogP contribution in [-0.4, -0.2) is 29.4 Å². The van der Waals surface area contributed by atoms with Gasteiger partial charge in [0.2, 0.25) is 0 Å². The van der Waals surface area contributed by atoms with Crippen molar-refractivity contribution in [2.24, 2.45) is 0 Å². The smallest absolute Gasteiger partial charge is 0.315 e. The van der Waals surface area contributed by atoms with Crippen molar-refractivity contribution in [1.82, 2.24) is 15.5 Å². The van der Waals surface area contributed by atoms with Gasteiger partial charge in [-0.25, -0.2) is 4.79 Å². The third-order valence-corrected chi connectivity index (χ3v) is 4.07. The van der Waals surface area contributed by atoms with Gasteiger partial charge in [0.05, 0.1) is 0 Å². The molecular formula is C22H29N3O2. The Hall–Kier alpha value is -2.82. The van der Waals surface area contributed by atoms with Gasteiger partial charge in [0, 0.05) is 31.2 Å². The van der Waals surface area contributed by atoms with E-state index in [0.717, 1.165) is 17.5 Å². The summed E-state index contributed by atoms with van der Waals surface area (Å²) in [4.78, 5) is 26.4. The minimum absolute atomic E-state index is 0.0257. The molecule has 2 aromatic rings. The van der Waals surface area contributed by atoms with Crippen LogP contribution in [0.4, 0.5) is 4.79 Å². The second-order valence-electron chi connectivity index (χ2n) is 6.89. The maximum absolute atomic E-state index is 12.9. The number of hydrogen-bond donors (Lipinski definition) is 2. The number of carbonyl (C=O) groups excluding carboxylic acids is 2. The topological polar surface area (TPSA) is 61.4 Å². The molecule has 0 radical (unpaired) electrons.